The maximum atomic E-state index is 12.6. The van der Waals surface area contributed by atoms with Crippen LogP contribution < -0.4 is 10.1 Å². The number of benzene rings is 1. The Kier molecular flexibility index (Phi) is 9.08. The van der Waals surface area contributed by atoms with Crippen LogP contribution in [0.25, 0.3) is 0 Å². The predicted octanol–water partition coefficient (Wildman–Crippen LogP) is 4.48. The minimum atomic E-state index is -0.786. The van der Waals surface area contributed by atoms with Crippen LogP contribution in [-0.4, -0.2) is 49.3 Å². The third kappa shape index (κ3) is 7.15. The molecule has 1 atom stereocenters. The summed E-state index contributed by atoms with van der Waals surface area (Å²) in [6.45, 7) is 10.4. The first-order valence-corrected chi connectivity index (χ1v) is 10.5. The number of anilines is 1. The van der Waals surface area contributed by atoms with E-state index in [-0.39, 0.29) is 5.91 Å². The summed E-state index contributed by atoms with van der Waals surface area (Å²) in [4.78, 5) is 15.1. The number of nitrogens with one attached hydrogen (secondary N) is 1. The van der Waals surface area contributed by atoms with Gasteiger partial charge < -0.3 is 14.8 Å². The van der Waals surface area contributed by atoms with Crippen LogP contribution in [0.2, 0.25) is 0 Å². The molecule has 0 saturated carbocycles. The molecule has 1 aliphatic rings. The van der Waals surface area contributed by atoms with Gasteiger partial charge in [0.05, 0.1) is 0 Å². The SMILES string of the molecule is CCC[C@](C)(OCC)C(=O)Nc1ccc(OCCN2CCCCCC2)cc1. The molecule has 1 saturated heterocycles. The van der Waals surface area contributed by atoms with Gasteiger partial charge in [-0.15, -0.1) is 0 Å². The van der Waals surface area contributed by atoms with Gasteiger partial charge in [0.1, 0.15) is 18.0 Å². The fourth-order valence-electron chi connectivity index (χ4n) is 3.60. The molecule has 1 aliphatic heterocycles. The van der Waals surface area contributed by atoms with E-state index in [1.165, 1.54) is 38.8 Å². The lowest BCUT2D eigenvalue weighted by atomic mass is 9.99. The first kappa shape index (κ1) is 21.7. The van der Waals surface area contributed by atoms with E-state index in [0.717, 1.165) is 24.4 Å². The number of amides is 1. The van der Waals surface area contributed by atoms with E-state index < -0.39 is 5.60 Å². The van der Waals surface area contributed by atoms with E-state index in [0.29, 0.717) is 19.6 Å². The average molecular weight is 377 g/mol. The van der Waals surface area contributed by atoms with E-state index in [2.05, 4.69) is 17.1 Å². The Hall–Kier alpha value is -1.59. The van der Waals surface area contributed by atoms with Crippen molar-refractivity contribution in [1.82, 2.24) is 4.90 Å². The summed E-state index contributed by atoms with van der Waals surface area (Å²) in [6.07, 6.45) is 6.90. The third-order valence-electron chi connectivity index (χ3n) is 5.16. The highest BCUT2D eigenvalue weighted by atomic mass is 16.5. The number of carbonyl (C=O) groups excluding carboxylic acids is 1. The molecule has 1 heterocycles. The van der Waals surface area contributed by atoms with Crippen molar-refractivity contribution in [2.45, 2.75) is 64.9 Å². The summed E-state index contributed by atoms with van der Waals surface area (Å²) >= 11 is 0. The van der Waals surface area contributed by atoms with Crippen molar-refractivity contribution in [2.24, 2.45) is 0 Å². The van der Waals surface area contributed by atoms with Crippen LogP contribution >= 0.6 is 0 Å². The van der Waals surface area contributed by atoms with Crippen LogP contribution in [0.3, 0.4) is 0 Å². The molecule has 0 aromatic heterocycles. The van der Waals surface area contributed by atoms with Gasteiger partial charge in [0.25, 0.3) is 5.91 Å². The minimum absolute atomic E-state index is 0.0963. The molecule has 0 radical (unpaired) electrons. The van der Waals surface area contributed by atoms with Crippen molar-refractivity contribution in [3.05, 3.63) is 24.3 Å². The van der Waals surface area contributed by atoms with E-state index in [1.54, 1.807) is 0 Å². The first-order chi connectivity index (χ1) is 13.1. The summed E-state index contributed by atoms with van der Waals surface area (Å²) in [5.41, 5.74) is -0.0202. The lowest BCUT2D eigenvalue weighted by Gasteiger charge is -2.27. The Balaban J connectivity index is 1.80. The standard InChI is InChI=1S/C22H36N2O3/c1-4-14-22(3,27-5-2)21(25)23-19-10-12-20(13-11-19)26-18-17-24-15-8-6-7-9-16-24/h10-13H,4-9,14-18H2,1-3H3,(H,23,25)/t22-/m0/s1. The van der Waals surface area contributed by atoms with Gasteiger partial charge in [0, 0.05) is 18.8 Å². The largest absolute Gasteiger partial charge is 0.492 e. The summed E-state index contributed by atoms with van der Waals surface area (Å²) in [5, 5.41) is 2.97. The highest BCUT2D eigenvalue weighted by Gasteiger charge is 2.32. The van der Waals surface area contributed by atoms with E-state index >= 15 is 0 Å². The molecule has 1 N–H and O–H groups in total. The van der Waals surface area contributed by atoms with Crippen molar-refractivity contribution in [3.63, 3.8) is 0 Å². The van der Waals surface area contributed by atoms with Crippen LogP contribution in [0, 0.1) is 0 Å². The number of carbonyl (C=O) groups is 1. The van der Waals surface area contributed by atoms with Crippen molar-refractivity contribution in [1.29, 1.82) is 0 Å². The zero-order valence-electron chi connectivity index (χ0n) is 17.3. The lowest BCUT2D eigenvalue weighted by Crippen LogP contribution is -2.42. The van der Waals surface area contributed by atoms with Crippen molar-refractivity contribution in [3.8, 4) is 5.75 Å². The first-order valence-electron chi connectivity index (χ1n) is 10.5. The molecule has 0 bridgehead atoms. The smallest absolute Gasteiger partial charge is 0.256 e. The van der Waals surface area contributed by atoms with Crippen LogP contribution in [0.1, 0.15) is 59.3 Å². The van der Waals surface area contributed by atoms with Crippen LogP contribution in [0.4, 0.5) is 5.69 Å². The molecule has 1 aromatic carbocycles. The number of hydrogen-bond donors (Lipinski definition) is 1. The van der Waals surface area contributed by atoms with Gasteiger partial charge in [0.15, 0.2) is 0 Å². The Morgan fingerprint density at radius 2 is 1.78 bits per heavy atom. The number of nitrogens with zero attached hydrogens (tertiary/aromatic N) is 1. The number of ether oxygens (including phenoxy) is 2. The highest BCUT2D eigenvalue weighted by Crippen LogP contribution is 2.22. The lowest BCUT2D eigenvalue weighted by molar-refractivity contribution is -0.139. The topological polar surface area (TPSA) is 50.8 Å². The number of rotatable bonds is 10. The number of hydrogen-bond acceptors (Lipinski definition) is 4. The third-order valence-corrected chi connectivity index (χ3v) is 5.16. The van der Waals surface area contributed by atoms with E-state index in [4.69, 9.17) is 9.47 Å². The second kappa shape index (κ2) is 11.3. The monoisotopic (exact) mass is 376 g/mol. The van der Waals surface area contributed by atoms with Crippen molar-refractivity contribution >= 4 is 11.6 Å². The molecule has 5 nitrogen and oxygen atoms in total. The Bertz CT molecular complexity index is 545. The molecule has 0 unspecified atom stereocenters. The van der Waals surface area contributed by atoms with Crippen LogP contribution in [0.5, 0.6) is 5.75 Å². The van der Waals surface area contributed by atoms with Gasteiger partial charge in [-0.1, -0.05) is 26.2 Å². The molecule has 1 fully saturated rings. The summed E-state index contributed by atoms with van der Waals surface area (Å²) in [7, 11) is 0. The van der Waals surface area contributed by atoms with Gasteiger partial charge in [-0.3, -0.25) is 9.69 Å². The average Bonchev–Trinajstić information content (AvgIpc) is 2.92. The van der Waals surface area contributed by atoms with Crippen molar-refractivity contribution in [2.75, 3.05) is 38.2 Å². The molecule has 2 rings (SSSR count). The molecule has 1 aromatic rings. The van der Waals surface area contributed by atoms with Crippen LogP contribution in [0.15, 0.2) is 24.3 Å². The summed E-state index contributed by atoms with van der Waals surface area (Å²) in [5.74, 6) is 0.741. The molecule has 152 valence electrons. The van der Waals surface area contributed by atoms with Gasteiger partial charge in [-0.2, -0.15) is 0 Å². The second-order valence-electron chi connectivity index (χ2n) is 7.50. The predicted molar refractivity (Wildman–Crippen MR) is 110 cm³/mol. The summed E-state index contributed by atoms with van der Waals surface area (Å²) in [6, 6.07) is 7.60. The van der Waals surface area contributed by atoms with E-state index in [1.807, 2.05) is 38.1 Å². The van der Waals surface area contributed by atoms with Gasteiger partial charge in [-0.05, 0) is 70.5 Å². The fourth-order valence-corrected chi connectivity index (χ4v) is 3.60. The number of likely N-dealkylation sites (tertiary alicyclic amines) is 1. The van der Waals surface area contributed by atoms with Crippen molar-refractivity contribution < 1.29 is 14.3 Å². The maximum Gasteiger partial charge on any atom is 0.256 e. The summed E-state index contributed by atoms with van der Waals surface area (Å²) < 4.78 is 11.6. The molecular weight excluding hydrogens is 340 g/mol. The fraction of sp³-hybridized carbons (Fsp3) is 0.682. The zero-order valence-corrected chi connectivity index (χ0v) is 17.3. The molecule has 5 heteroatoms. The maximum absolute atomic E-state index is 12.6. The molecule has 0 aliphatic carbocycles. The quantitative estimate of drug-likeness (QED) is 0.654. The van der Waals surface area contributed by atoms with E-state index in [9.17, 15) is 4.79 Å². The zero-order chi connectivity index (χ0) is 19.5. The van der Waals surface area contributed by atoms with Crippen LogP contribution in [-0.2, 0) is 9.53 Å². The normalized spacial score (nSPS) is 17.7. The molecule has 0 spiro atoms. The Morgan fingerprint density at radius 3 is 2.37 bits per heavy atom. The Labute approximate surface area is 164 Å². The van der Waals surface area contributed by atoms with Gasteiger partial charge >= 0.3 is 0 Å². The minimum Gasteiger partial charge on any atom is -0.492 e. The molecule has 1 amide bonds. The molecule has 27 heavy (non-hydrogen) atoms. The Morgan fingerprint density at radius 1 is 1.11 bits per heavy atom. The second-order valence-corrected chi connectivity index (χ2v) is 7.50. The van der Waals surface area contributed by atoms with Gasteiger partial charge in [0.2, 0.25) is 0 Å². The highest BCUT2D eigenvalue weighted by molar-refractivity contribution is 5.97. The van der Waals surface area contributed by atoms with Gasteiger partial charge in [-0.25, -0.2) is 0 Å². The molecular formula is C22H36N2O3.